The van der Waals surface area contributed by atoms with Crippen LogP contribution in [-0.4, -0.2) is 135 Å². The predicted molar refractivity (Wildman–Crippen MR) is 432 cm³/mol. The van der Waals surface area contributed by atoms with Crippen LogP contribution in [0.4, 0.5) is 0 Å². The van der Waals surface area contributed by atoms with Gasteiger partial charge < -0.3 is 39.9 Å². The summed E-state index contributed by atoms with van der Waals surface area (Å²) in [6.07, 6.45) is 35.9. The molecule has 108 heavy (non-hydrogen) atoms. The third-order valence-corrected chi connectivity index (χ3v) is 17.5. The second kappa shape index (κ2) is 37.0. The largest absolute Gasteiger partial charge is 0.346 e. The highest BCUT2D eigenvalue weighted by molar-refractivity contribution is 5.82. The summed E-state index contributed by atoms with van der Waals surface area (Å²) in [6, 6.07) is 14.5. The first-order chi connectivity index (χ1) is 52.0. The molecule has 18 aromatic rings. The van der Waals surface area contributed by atoms with Crippen molar-refractivity contribution < 1.29 is 0 Å². The Morgan fingerprint density at radius 2 is 0.880 bits per heavy atom. The van der Waals surface area contributed by atoms with Crippen LogP contribution in [-0.2, 0) is 0 Å². The minimum absolute atomic E-state index is 0.408. The zero-order valence-electron chi connectivity index (χ0n) is 64.8. The maximum atomic E-state index is 4.44. The molecule has 0 aliphatic heterocycles. The summed E-state index contributed by atoms with van der Waals surface area (Å²) in [7, 11) is 0. The van der Waals surface area contributed by atoms with Crippen molar-refractivity contribution in [1.29, 1.82) is 0 Å². The lowest BCUT2D eigenvalue weighted by Crippen LogP contribution is -1.94. The summed E-state index contributed by atoms with van der Waals surface area (Å²) < 4.78 is 0. The molecule has 0 fully saturated rings. The molecule has 0 atom stereocenters. The van der Waals surface area contributed by atoms with Gasteiger partial charge in [-0.1, -0.05) is 125 Å². The molecule has 18 heterocycles. The van der Waals surface area contributed by atoms with Crippen molar-refractivity contribution in [2.75, 3.05) is 0 Å². The quantitative estimate of drug-likeness (QED) is 0.0648. The number of fused-ring (bicyclic) bond motifs is 9. The van der Waals surface area contributed by atoms with Crippen molar-refractivity contribution in [2.24, 2.45) is 0 Å². The predicted octanol–water partition coefficient (Wildman–Crippen LogP) is 18.7. The Bertz CT molecular complexity index is 5140. The maximum Gasteiger partial charge on any atom is 0.197 e. The van der Waals surface area contributed by atoms with Crippen molar-refractivity contribution in [2.45, 2.75) is 178 Å². The van der Waals surface area contributed by atoms with Crippen molar-refractivity contribution in [1.82, 2.24) is 135 Å². The van der Waals surface area contributed by atoms with Gasteiger partial charge in [0, 0.05) is 113 Å². The fourth-order valence-electron chi connectivity index (χ4n) is 11.3. The van der Waals surface area contributed by atoms with Crippen LogP contribution in [0.2, 0.25) is 0 Å². The van der Waals surface area contributed by atoms with Gasteiger partial charge >= 0.3 is 0 Å². The second-order valence-corrected chi connectivity index (χ2v) is 28.6. The van der Waals surface area contributed by atoms with E-state index in [0.29, 0.717) is 58.9 Å². The van der Waals surface area contributed by atoms with Crippen molar-refractivity contribution >= 4 is 100.0 Å². The Kier molecular flexibility index (Phi) is 26.8. The van der Waals surface area contributed by atoms with Crippen molar-refractivity contribution in [3.63, 3.8) is 0 Å². The standard InChI is InChI=1S/2C10H12N2.5C9H11N3.2C8H10N4/c1-7(2)8-3-5-11-10-9(8)4-6-12-10;1-7(2)9-5-8-3-4-11-10(8)12-6-9;1-6(2)7-4-11-9-8(7)3-10-5-12-9;1-6(2)7-3-8-9(10-4-7)12-5-11-8;1-6(2)7-5-12-9-8(7)10-3-4-11-9;1-6(2)8-7-3-4-10-9(7)12-5-11-8;1-6(2)8-5-11-9-7(12-8)3-4-10-9;1-5(2)7-6-3-9-4-10-8(6)12-11-7;1-5(2)6-3-9-7-8(12-6)11-4-10-7/h2*3-7H,1-2H3,(H,11,12);2*3-6H,1-2H3,(H,10,11,12);3-6H,1-2H3,(H,11,12);3-6H,1-2H3,(H,10,11,12);3-6H,1-2H3,(H,10,11);2*3-5H,1-2H3,(H,9,10,11,12). The van der Waals surface area contributed by atoms with E-state index in [4.69, 9.17) is 0 Å². The smallest absolute Gasteiger partial charge is 0.197 e. The first kappa shape index (κ1) is 78.2. The van der Waals surface area contributed by atoms with Crippen LogP contribution in [0.5, 0.6) is 0 Å². The molecule has 0 saturated heterocycles. The number of aromatic amines is 9. The van der Waals surface area contributed by atoms with Gasteiger partial charge in [-0.2, -0.15) is 5.10 Å². The van der Waals surface area contributed by atoms with E-state index >= 15 is 0 Å². The molecule has 0 amide bonds. The number of H-pyrrole nitrogens is 9. The highest BCUT2D eigenvalue weighted by Crippen LogP contribution is 2.27. The van der Waals surface area contributed by atoms with Crippen molar-refractivity contribution in [3.8, 4) is 0 Å². The van der Waals surface area contributed by atoms with Crippen molar-refractivity contribution in [3.05, 3.63) is 218 Å². The Hall–Kier alpha value is -12.4. The number of nitrogens with zero attached hydrogens (tertiary/aromatic N) is 18. The Morgan fingerprint density at radius 3 is 1.60 bits per heavy atom. The van der Waals surface area contributed by atoms with E-state index in [2.05, 4.69) is 284 Å². The van der Waals surface area contributed by atoms with E-state index in [9.17, 15) is 0 Å². The number of pyridine rings is 3. The van der Waals surface area contributed by atoms with Gasteiger partial charge in [0.05, 0.1) is 53.0 Å². The summed E-state index contributed by atoms with van der Waals surface area (Å²) in [6.45, 7) is 38.6. The molecular formula is C81H99N27. The molecule has 0 unspecified atom stereocenters. The van der Waals surface area contributed by atoms with E-state index in [1.54, 1.807) is 50.1 Å². The molecule has 0 bridgehead atoms. The highest BCUT2D eigenvalue weighted by atomic mass is 15.2. The zero-order chi connectivity index (χ0) is 77.0. The molecule has 0 radical (unpaired) electrons. The summed E-state index contributed by atoms with van der Waals surface area (Å²) in [5.74, 6) is 4.38. The average molecular weight is 1450 g/mol. The molecule has 0 aromatic carbocycles. The SMILES string of the molecule is CC(C)c1[nH]nc2ncncc12.CC(C)c1c[nH]c2nccnc12.CC(C)c1c[nH]c2ncncc12.CC(C)c1ccnc2[nH]ccc12.CC(C)c1cnc2[nH]ccc2c1.CC(C)c1cnc2[nH]ccc2n1.CC(C)c1cnc2nc[nH]c2c1.CC(C)c1cnc2nc[nH]c2n1.CC(C)c1ncnc2[nH]ccc12. The Morgan fingerprint density at radius 1 is 0.315 bits per heavy atom. The van der Waals surface area contributed by atoms with E-state index < -0.39 is 0 Å². The molecule has 27 heteroatoms. The number of hydrogen-bond acceptors (Lipinski definition) is 18. The number of imidazole rings is 2. The van der Waals surface area contributed by atoms with Crippen LogP contribution >= 0.6 is 0 Å². The number of rotatable bonds is 9. The van der Waals surface area contributed by atoms with Crippen LogP contribution < -0.4 is 0 Å². The minimum Gasteiger partial charge on any atom is -0.346 e. The van der Waals surface area contributed by atoms with Crippen LogP contribution in [0, 0.1) is 0 Å². The van der Waals surface area contributed by atoms with Gasteiger partial charge in [-0.05, 0) is 118 Å². The van der Waals surface area contributed by atoms with E-state index in [1.807, 2.05) is 86.4 Å². The third kappa shape index (κ3) is 20.1. The maximum absolute atomic E-state index is 4.44. The minimum atomic E-state index is 0.408. The lowest BCUT2D eigenvalue weighted by atomic mass is 10.0. The highest BCUT2D eigenvalue weighted by Gasteiger charge is 2.13. The molecule has 558 valence electrons. The third-order valence-electron chi connectivity index (χ3n) is 17.5. The van der Waals surface area contributed by atoms with Gasteiger partial charge in [0.1, 0.15) is 52.6 Å². The van der Waals surface area contributed by atoms with Gasteiger partial charge in [0.25, 0.3) is 0 Å². The van der Waals surface area contributed by atoms with Gasteiger partial charge in [0.2, 0.25) is 0 Å². The lowest BCUT2D eigenvalue weighted by molar-refractivity contribution is 0.817. The molecular weight excluding hydrogens is 1350 g/mol. The molecule has 0 spiro atoms. The van der Waals surface area contributed by atoms with E-state index in [-0.39, 0.29) is 0 Å². The molecule has 18 aromatic heterocycles. The molecule has 0 aliphatic carbocycles. The number of hydrogen-bond donors (Lipinski definition) is 9. The monoisotopic (exact) mass is 1450 g/mol. The Balaban J connectivity index is 0.000000130. The Labute approximate surface area is 627 Å². The fourth-order valence-corrected chi connectivity index (χ4v) is 11.3. The van der Waals surface area contributed by atoms with Crippen LogP contribution in [0.25, 0.3) is 100.0 Å². The molecule has 27 nitrogen and oxygen atoms in total. The summed E-state index contributed by atoms with van der Waals surface area (Å²) in [5, 5.41) is 12.7. The van der Waals surface area contributed by atoms with Gasteiger partial charge in [-0.15, -0.1) is 0 Å². The van der Waals surface area contributed by atoms with Gasteiger partial charge in [0.15, 0.2) is 33.9 Å². The molecule has 0 saturated carbocycles. The average Bonchev–Trinajstić information content (AvgIpc) is 1.66. The summed E-state index contributed by atoms with van der Waals surface area (Å²) in [5.41, 5.74) is 22.1. The number of nitrogens with one attached hydrogen (secondary N) is 9. The van der Waals surface area contributed by atoms with E-state index in [0.717, 1.165) is 106 Å². The summed E-state index contributed by atoms with van der Waals surface area (Å²) >= 11 is 0. The topological polar surface area (TPSA) is 374 Å². The van der Waals surface area contributed by atoms with Crippen LogP contribution in [0.15, 0.2) is 167 Å². The van der Waals surface area contributed by atoms with Crippen LogP contribution in [0.3, 0.4) is 0 Å². The number of aromatic nitrogens is 27. The molecule has 0 aliphatic rings. The molecule has 9 N–H and O–H groups in total. The van der Waals surface area contributed by atoms with Crippen LogP contribution in [0.1, 0.15) is 228 Å². The fraction of sp³-hybridized carbons (Fsp3) is 0.333. The lowest BCUT2D eigenvalue weighted by Gasteiger charge is -2.05. The first-order valence-corrected chi connectivity index (χ1v) is 36.6. The van der Waals surface area contributed by atoms with Gasteiger partial charge in [-0.25, -0.2) is 79.7 Å². The first-order valence-electron chi connectivity index (χ1n) is 36.6. The zero-order valence-corrected chi connectivity index (χ0v) is 64.8. The normalized spacial score (nSPS) is 11.2. The van der Waals surface area contributed by atoms with Gasteiger partial charge in [-0.3, -0.25) is 10.1 Å². The molecule has 18 rings (SSSR count). The van der Waals surface area contributed by atoms with E-state index in [1.165, 1.54) is 44.9 Å². The summed E-state index contributed by atoms with van der Waals surface area (Å²) in [4.78, 5) is 95.3. The second-order valence-electron chi connectivity index (χ2n) is 28.6.